The van der Waals surface area contributed by atoms with Gasteiger partial charge in [-0.3, -0.25) is 4.55 Å². The van der Waals surface area contributed by atoms with Gasteiger partial charge in [-0.25, -0.2) is 4.79 Å². The van der Waals surface area contributed by atoms with Crippen LogP contribution < -0.4 is 4.74 Å². The number of hydrogen-bond acceptors (Lipinski definition) is 5. The molecule has 0 heterocycles. The van der Waals surface area contributed by atoms with E-state index in [0.717, 1.165) is 12.1 Å². The third-order valence-corrected chi connectivity index (χ3v) is 2.61. The first-order chi connectivity index (χ1) is 7.93. The van der Waals surface area contributed by atoms with Crippen molar-refractivity contribution < 1.29 is 27.2 Å². The van der Waals surface area contributed by atoms with Crippen molar-refractivity contribution in [3.05, 3.63) is 24.3 Å². The van der Waals surface area contributed by atoms with E-state index in [1.807, 2.05) is 6.92 Å². The van der Waals surface area contributed by atoms with Crippen LogP contribution in [-0.2, 0) is 14.9 Å². The summed E-state index contributed by atoms with van der Waals surface area (Å²) < 4.78 is 39.6. The van der Waals surface area contributed by atoms with Crippen molar-refractivity contribution in [2.45, 2.75) is 18.2 Å². The van der Waals surface area contributed by atoms with Gasteiger partial charge in [-0.2, -0.15) is 8.42 Å². The molecule has 1 rings (SSSR count). The van der Waals surface area contributed by atoms with E-state index < -0.39 is 16.3 Å². The van der Waals surface area contributed by atoms with Crippen molar-refractivity contribution in [1.82, 2.24) is 0 Å². The van der Waals surface area contributed by atoms with E-state index in [1.54, 1.807) is 0 Å². The molecule has 96 valence electrons. The molecule has 1 aromatic carbocycles. The van der Waals surface area contributed by atoms with E-state index in [-0.39, 0.29) is 46.8 Å². The summed E-state index contributed by atoms with van der Waals surface area (Å²) in [6.45, 7) is 2.09. The molecule has 0 spiro atoms. The van der Waals surface area contributed by atoms with Crippen molar-refractivity contribution in [2.75, 3.05) is 6.61 Å². The molecule has 0 radical (unpaired) electrons. The minimum atomic E-state index is -4.23. The Morgan fingerprint density at radius 2 is 1.83 bits per heavy atom. The van der Waals surface area contributed by atoms with E-state index in [1.165, 1.54) is 12.1 Å². The van der Waals surface area contributed by atoms with Crippen LogP contribution in [0.2, 0.25) is 0 Å². The van der Waals surface area contributed by atoms with E-state index in [9.17, 15) is 13.2 Å². The molecule has 0 aromatic heterocycles. The number of hydrogen-bond donors (Lipinski definition) is 1. The fourth-order valence-electron chi connectivity index (χ4n) is 0.991. The van der Waals surface area contributed by atoms with Gasteiger partial charge >= 0.3 is 35.7 Å². The Morgan fingerprint density at radius 3 is 2.28 bits per heavy atom. The Kier molecular flexibility index (Phi) is 7.49. The average Bonchev–Trinajstić information content (AvgIpc) is 2.26. The van der Waals surface area contributed by atoms with Crippen LogP contribution in [0.25, 0.3) is 0 Å². The predicted molar refractivity (Wildman–Crippen MR) is 65.7 cm³/mol. The fourth-order valence-corrected chi connectivity index (χ4v) is 1.47. The summed E-state index contributed by atoms with van der Waals surface area (Å²) in [5.74, 6) is 0.138. The van der Waals surface area contributed by atoms with Crippen molar-refractivity contribution in [2.24, 2.45) is 0 Å². The Morgan fingerprint density at radius 1 is 1.28 bits per heavy atom. The van der Waals surface area contributed by atoms with Gasteiger partial charge in [-0.05, 0) is 30.7 Å². The standard InChI is InChI=1S/C10H12O6S.Na.H/c1-2-7-15-10(11)16-8-3-5-9(6-4-8)17(12,13)14;;/h3-6H,2,7H2,1H3,(H,12,13,14);;. The molecule has 18 heavy (non-hydrogen) atoms. The first kappa shape index (κ1) is 17.4. The molecule has 6 nitrogen and oxygen atoms in total. The zero-order valence-electron chi connectivity index (χ0n) is 9.12. The first-order valence-electron chi connectivity index (χ1n) is 4.85. The molecular weight excluding hydrogens is 271 g/mol. The fraction of sp³-hybridized carbons (Fsp3) is 0.300. The van der Waals surface area contributed by atoms with Crippen LogP contribution >= 0.6 is 0 Å². The van der Waals surface area contributed by atoms with Crippen molar-refractivity contribution in [3.63, 3.8) is 0 Å². The van der Waals surface area contributed by atoms with E-state index in [2.05, 4.69) is 4.74 Å². The molecule has 1 N–H and O–H groups in total. The summed E-state index contributed by atoms with van der Waals surface area (Å²) in [6, 6.07) is 4.74. The monoisotopic (exact) mass is 284 g/mol. The molecule has 1 aromatic rings. The Hall–Kier alpha value is -0.600. The number of rotatable bonds is 4. The van der Waals surface area contributed by atoms with Crippen LogP contribution in [0.15, 0.2) is 29.2 Å². The van der Waals surface area contributed by atoms with Gasteiger partial charge in [0.1, 0.15) is 5.75 Å². The van der Waals surface area contributed by atoms with Crippen molar-refractivity contribution in [1.29, 1.82) is 0 Å². The molecule has 0 aliphatic carbocycles. The number of carbonyl (C=O) groups is 1. The molecule has 0 atom stereocenters. The maximum atomic E-state index is 11.0. The molecule has 0 aliphatic rings. The van der Waals surface area contributed by atoms with Gasteiger partial charge in [0.25, 0.3) is 10.1 Å². The molecule has 0 amide bonds. The average molecular weight is 284 g/mol. The van der Waals surface area contributed by atoms with Gasteiger partial charge < -0.3 is 9.47 Å². The van der Waals surface area contributed by atoms with Gasteiger partial charge in [0.15, 0.2) is 0 Å². The van der Waals surface area contributed by atoms with Crippen LogP contribution in [0.1, 0.15) is 13.3 Å². The molecule has 8 heteroatoms. The second-order valence-electron chi connectivity index (χ2n) is 3.15. The number of carbonyl (C=O) groups excluding carboxylic acids is 1. The SMILES string of the molecule is CCCOC(=O)Oc1ccc(S(=O)(=O)O)cc1.[NaH]. The van der Waals surface area contributed by atoms with Crippen molar-refractivity contribution in [3.8, 4) is 5.75 Å². The first-order valence-corrected chi connectivity index (χ1v) is 6.29. The quantitative estimate of drug-likeness (QED) is 0.387. The summed E-state index contributed by atoms with van der Waals surface area (Å²) in [4.78, 5) is 10.8. The molecule has 0 unspecified atom stereocenters. The van der Waals surface area contributed by atoms with Gasteiger partial charge in [-0.1, -0.05) is 6.92 Å². The molecule has 0 bridgehead atoms. The van der Waals surface area contributed by atoms with Crippen LogP contribution in [0.3, 0.4) is 0 Å². The van der Waals surface area contributed by atoms with Gasteiger partial charge in [0.2, 0.25) is 0 Å². The zero-order valence-corrected chi connectivity index (χ0v) is 9.94. The Balaban J connectivity index is 0.00000289. The summed E-state index contributed by atoms with van der Waals surface area (Å²) >= 11 is 0. The van der Waals surface area contributed by atoms with Crippen LogP contribution in [-0.4, -0.2) is 55.3 Å². The normalized spacial score (nSPS) is 10.3. The Bertz CT molecular complexity index is 482. The molecule has 0 fully saturated rings. The summed E-state index contributed by atoms with van der Waals surface area (Å²) in [6.07, 6.45) is -0.178. The van der Waals surface area contributed by atoms with Crippen LogP contribution in [0.4, 0.5) is 4.79 Å². The maximum absolute atomic E-state index is 11.0. The van der Waals surface area contributed by atoms with Gasteiger partial charge in [0, 0.05) is 0 Å². The molecule has 0 aliphatic heterocycles. The third kappa shape index (κ3) is 5.83. The molecule has 0 saturated heterocycles. The molecule has 0 saturated carbocycles. The minimum absolute atomic E-state index is 0. The number of benzene rings is 1. The van der Waals surface area contributed by atoms with E-state index in [0.29, 0.717) is 6.42 Å². The third-order valence-electron chi connectivity index (χ3n) is 1.75. The second-order valence-corrected chi connectivity index (χ2v) is 4.57. The topological polar surface area (TPSA) is 89.9 Å². The van der Waals surface area contributed by atoms with Crippen LogP contribution in [0.5, 0.6) is 5.75 Å². The van der Waals surface area contributed by atoms with Gasteiger partial charge in [0.05, 0.1) is 11.5 Å². The summed E-state index contributed by atoms with van der Waals surface area (Å²) in [7, 11) is -4.23. The predicted octanol–water partition coefficient (Wildman–Crippen LogP) is 1.21. The van der Waals surface area contributed by atoms with Crippen molar-refractivity contribution >= 4 is 45.8 Å². The van der Waals surface area contributed by atoms with Gasteiger partial charge in [-0.15, -0.1) is 0 Å². The molecular formula is C10H13NaO6S. The van der Waals surface area contributed by atoms with E-state index >= 15 is 0 Å². The van der Waals surface area contributed by atoms with E-state index in [4.69, 9.17) is 9.29 Å². The second kappa shape index (κ2) is 7.75. The Labute approximate surface area is 127 Å². The summed E-state index contributed by atoms with van der Waals surface area (Å²) in [5, 5.41) is 0. The van der Waals surface area contributed by atoms with Crippen LogP contribution in [0, 0.1) is 0 Å². The summed E-state index contributed by atoms with van der Waals surface area (Å²) in [5.41, 5.74) is 0. The zero-order chi connectivity index (χ0) is 12.9. The number of ether oxygens (including phenoxy) is 2.